The summed E-state index contributed by atoms with van der Waals surface area (Å²) >= 11 is 0. The summed E-state index contributed by atoms with van der Waals surface area (Å²) < 4.78 is 5.84. The summed E-state index contributed by atoms with van der Waals surface area (Å²) in [6.45, 7) is 3.18. The molecule has 126 valence electrons. The van der Waals surface area contributed by atoms with E-state index in [-0.39, 0.29) is 17.7 Å². The van der Waals surface area contributed by atoms with Crippen LogP contribution in [0, 0.1) is 5.92 Å². The fourth-order valence-electron chi connectivity index (χ4n) is 3.21. The predicted molar refractivity (Wildman–Crippen MR) is 93.1 cm³/mol. The summed E-state index contributed by atoms with van der Waals surface area (Å²) in [6, 6.07) is 7.83. The lowest BCUT2D eigenvalue weighted by molar-refractivity contribution is -0.130. The topological polar surface area (TPSA) is 76.5 Å². The minimum Gasteiger partial charge on any atom is -0.460 e. The first kappa shape index (κ1) is 16.3. The van der Waals surface area contributed by atoms with E-state index in [0.29, 0.717) is 25.9 Å². The van der Waals surface area contributed by atoms with Crippen molar-refractivity contribution in [1.82, 2.24) is 4.90 Å². The average Bonchev–Trinajstić information content (AvgIpc) is 2.97. The number of carbonyl (C=O) groups excluding carboxylic acids is 2. The molecule has 2 amide bonds. The maximum absolute atomic E-state index is 12.4. The second kappa shape index (κ2) is 6.91. The molecule has 1 aliphatic rings. The fourth-order valence-corrected chi connectivity index (χ4v) is 3.21. The van der Waals surface area contributed by atoms with Crippen LogP contribution >= 0.6 is 0 Å². The smallest absolute Gasteiger partial charge is 0.246 e. The number of fused-ring (bicyclic) bond motifs is 1. The zero-order valence-corrected chi connectivity index (χ0v) is 13.8. The Kier molecular flexibility index (Phi) is 4.69. The van der Waals surface area contributed by atoms with Gasteiger partial charge >= 0.3 is 0 Å². The first-order chi connectivity index (χ1) is 11.6. The molecule has 2 N–H and O–H groups in total. The lowest BCUT2D eigenvalue weighted by Gasteiger charge is -2.29. The van der Waals surface area contributed by atoms with Crippen molar-refractivity contribution in [3.05, 3.63) is 41.7 Å². The van der Waals surface area contributed by atoms with Crippen LogP contribution in [-0.4, -0.2) is 29.8 Å². The predicted octanol–water partition coefficient (Wildman–Crippen LogP) is 2.73. The van der Waals surface area contributed by atoms with Crippen LogP contribution in [0.4, 0.5) is 0 Å². The molecule has 0 saturated carbocycles. The van der Waals surface area contributed by atoms with Crippen molar-refractivity contribution in [3.8, 4) is 0 Å². The monoisotopic (exact) mass is 326 g/mol. The van der Waals surface area contributed by atoms with Crippen molar-refractivity contribution in [3.63, 3.8) is 0 Å². The minimum absolute atomic E-state index is 0.0368. The molecule has 1 fully saturated rings. The van der Waals surface area contributed by atoms with Gasteiger partial charge in [-0.2, -0.15) is 0 Å². The number of hydrogen-bond acceptors (Lipinski definition) is 3. The van der Waals surface area contributed by atoms with Crippen molar-refractivity contribution < 1.29 is 14.0 Å². The Morgan fingerprint density at radius 1 is 1.29 bits per heavy atom. The number of hydrogen-bond donors (Lipinski definition) is 1. The zero-order valence-electron chi connectivity index (χ0n) is 13.8. The molecule has 3 rings (SSSR count). The average molecular weight is 326 g/mol. The molecule has 0 aliphatic carbocycles. The number of primary amides is 1. The third-order valence-electron chi connectivity index (χ3n) is 4.63. The summed E-state index contributed by atoms with van der Waals surface area (Å²) in [5.41, 5.74) is 7.13. The second-order valence-electron chi connectivity index (χ2n) is 6.12. The van der Waals surface area contributed by atoms with Crippen molar-refractivity contribution in [2.45, 2.75) is 26.2 Å². The number of carbonyl (C=O) groups is 2. The van der Waals surface area contributed by atoms with E-state index in [1.165, 1.54) is 0 Å². The second-order valence-corrected chi connectivity index (χ2v) is 6.12. The van der Waals surface area contributed by atoms with E-state index in [1.54, 1.807) is 11.0 Å². The Bertz CT molecular complexity index is 783. The van der Waals surface area contributed by atoms with E-state index in [2.05, 4.69) is 0 Å². The molecule has 24 heavy (non-hydrogen) atoms. The van der Waals surface area contributed by atoms with Gasteiger partial charge in [-0.25, -0.2) is 0 Å². The van der Waals surface area contributed by atoms with Gasteiger partial charge in [0.1, 0.15) is 11.3 Å². The molecule has 0 radical (unpaired) electrons. The highest BCUT2D eigenvalue weighted by Crippen LogP contribution is 2.27. The number of furan rings is 1. The van der Waals surface area contributed by atoms with Gasteiger partial charge in [0.2, 0.25) is 11.8 Å². The highest BCUT2D eigenvalue weighted by Gasteiger charge is 2.24. The van der Waals surface area contributed by atoms with Gasteiger partial charge in [-0.1, -0.05) is 25.1 Å². The van der Waals surface area contributed by atoms with Crippen LogP contribution in [0.5, 0.6) is 0 Å². The molecular weight excluding hydrogens is 304 g/mol. The van der Waals surface area contributed by atoms with Crippen molar-refractivity contribution in [2.24, 2.45) is 11.7 Å². The highest BCUT2D eigenvalue weighted by molar-refractivity contribution is 5.96. The maximum atomic E-state index is 12.4. The molecule has 1 aromatic carbocycles. The normalized spacial score (nSPS) is 16.1. The number of para-hydroxylation sites is 1. The van der Waals surface area contributed by atoms with Crippen LogP contribution < -0.4 is 5.73 Å². The summed E-state index contributed by atoms with van der Waals surface area (Å²) in [5, 5.41) is 1.02. The molecule has 0 bridgehead atoms. The van der Waals surface area contributed by atoms with Crippen LogP contribution in [0.2, 0.25) is 0 Å². The molecule has 1 aliphatic heterocycles. The zero-order chi connectivity index (χ0) is 17.1. The summed E-state index contributed by atoms with van der Waals surface area (Å²) in [5.74, 6) is 0.468. The van der Waals surface area contributed by atoms with E-state index in [9.17, 15) is 9.59 Å². The molecule has 0 unspecified atom stereocenters. The van der Waals surface area contributed by atoms with Crippen LogP contribution in [0.1, 0.15) is 31.1 Å². The standard InChI is InChI=1S/C19H22N2O3/c1-2-16-15(14-5-3-4-6-17(14)24-16)7-8-18(22)21-11-9-13(10-12-21)19(20)23/h3-8,13H,2,9-12H2,1H3,(H2,20,23)/b8-7+. The lowest BCUT2D eigenvalue weighted by Crippen LogP contribution is -2.41. The third kappa shape index (κ3) is 3.20. The van der Waals surface area contributed by atoms with Crippen LogP contribution in [0.3, 0.4) is 0 Å². The van der Waals surface area contributed by atoms with E-state index in [0.717, 1.165) is 28.7 Å². The van der Waals surface area contributed by atoms with E-state index in [1.807, 2.05) is 37.3 Å². The quantitative estimate of drug-likeness (QED) is 0.878. The Balaban J connectivity index is 1.74. The first-order valence-electron chi connectivity index (χ1n) is 8.37. The van der Waals surface area contributed by atoms with Gasteiger partial charge in [-0.15, -0.1) is 0 Å². The molecule has 1 saturated heterocycles. The van der Waals surface area contributed by atoms with Crippen molar-refractivity contribution in [1.29, 1.82) is 0 Å². The van der Waals surface area contributed by atoms with Crippen LogP contribution in [0.25, 0.3) is 17.0 Å². The molecule has 5 nitrogen and oxygen atoms in total. The first-order valence-corrected chi connectivity index (χ1v) is 8.37. The van der Waals surface area contributed by atoms with Gasteiger partial charge in [-0.3, -0.25) is 9.59 Å². The van der Waals surface area contributed by atoms with Gasteiger partial charge in [0.25, 0.3) is 0 Å². The van der Waals surface area contributed by atoms with E-state index in [4.69, 9.17) is 10.2 Å². The number of amides is 2. The van der Waals surface area contributed by atoms with Crippen molar-refractivity contribution >= 4 is 28.9 Å². The molecular formula is C19H22N2O3. The SMILES string of the molecule is CCc1oc2ccccc2c1/C=C/C(=O)N1CCC(C(N)=O)CC1. The van der Waals surface area contributed by atoms with Crippen molar-refractivity contribution in [2.75, 3.05) is 13.1 Å². The number of piperidine rings is 1. The molecule has 1 aromatic heterocycles. The number of benzene rings is 1. The number of aryl methyl sites for hydroxylation is 1. The van der Waals surface area contributed by atoms with Gasteiger partial charge in [0, 0.05) is 42.5 Å². The van der Waals surface area contributed by atoms with Gasteiger partial charge < -0.3 is 15.1 Å². The molecule has 2 aromatic rings. The van der Waals surface area contributed by atoms with Gasteiger partial charge in [-0.05, 0) is 25.0 Å². The van der Waals surface area contributed by atoms with E-state index >= 15 is 0 Å². The Morgan fingerprint density at radius 2 is 2.00 bits per heavy atom. The molecule has 5 heteroatoms. The maximum Gasteiger partial charge on any atom is 0.246 e. The molecule has 0 spiro atoms. The number of nitrogens with zero attached hydrogens (tertiary/aromatic N) is 1. The Hall–Kier alpha value is -2.56. The number of likely N-dealkylation sites (tertiary alicyclic amines) is 1. The Labute approximate surface area is 141 Å². The highest BCUT2D eigenvalue weighted by atomic mass is 16.3. The van der Waals surface area contributed by atoms with Crippen LogP contribution in [-0.2, 0) is 16.0 Å². The van der Waals surface area contributed by atoms with Gasteiger partial charge in [0.05, 0.1) is 0 Å². The summed E-state index contributed by atoms with van der Waals surface area (Å²) in [7, 11) is 0. The molecule has 0 atom stereocenters. The number of nitrogens with two attached hydrogens (primary N) is 1. The fraction of sp³-hybridized carbons (Fsp3) is 0.368. The lowest BCUT2D eigenvalue weighted by atomic mass is 9.96. The molecule has 2 heterocycles. The summed E-state index contributed by atoms with van der Waals surface area (Å²) in [6.07, 6.45) is 5.49. The Morgan fingerprint density at radius 3 is 2.67 bits per heavy atom. The third-order valence-corrected chi connectivity index (χ3v) is 4.63. The van der Waals surface area contributed by atoms with Gasteiger partial charge in [0.15, 0.2) is 0 Å². The summed E-state index contributed by atoms with van der Waals surface area (Å²) in [4.78, 5) is 25.4. The minimum atomic E-state index is -0.268. The number of rotatable bonds is 4. The largest absolute Gasteiger partial charge is 0.460 e. The van der Waals surface area contributed by atoms with E-state index < -0.39 is 0 Å². The van der Waals surface area contributed by atoms with Crippen LogP contribution in [0.15, 0.2) is 34.8 Å².